The van der Waals surface area contributed by atoms with E-state index in [4.69, 9.17) is 5.73 Å². The van der Waals surface area contributed by atoms with Gasteiger partial charge in [0.25, 0.3) is 0 Å². The average molecular weight is 200 g/mol. The lowest BCUT2D eigenvalue weighted by Crippen LogP contribution is -2.39. The molecule has 0 aromatic heterocycles. The van der Waals surface area contributed by atoms with Crippen LogP contribution < -0.4 is 5.73 Å². The van der Waals surface area contributed by atoms with Crippen molar-refractivity contribution in [3.63, 3.8) is 0 Å². The summed E-state index contributed by atoms with van der Waals surface area (Å²) in [6, 6.07) is 0. The molecule has 0 bridgehead atoms. The minimum Gasteiger partial charge on any atom is -0.329 e. The molecule has 0 aromatic carbocycles. The molecule has 4 heteroatoms. The van der Waals surface area contributed by atoms with Crippen molar-refractivity contribution in [2.75, 3.05) is 18.8 Å². The molecular weight excluding hydrogens is 184 g/mol. The topological polar surface area (TPSA) is 46.3 Å². The standard InChI is InChI=1S/C9H16N2OS/c1-7(2)8-5-13-6-9(12)11(8)4-3-10/h5,7H,3-4,6,10H2,1-2H3. The lowest BCUT2D eigenvalue weighted by molar-refractivity contribution is -0.126. The summed E-state index contributed by atoms with van der Waals surface area (Å²) in [7, 11) is 0. The van der Waals surface area contributed by atoms with E-state index in [9.17, 15) is 4.79 Å². The van der Waals surface area contributed by atoms with Gasteiger partial charge < -0.3 is 10.6 Å². The van der Waals surface area contributed by atoms with Crippen molar-refractivity contribution >= 4 is 17.7 Å². The number of hydrogen-bond acceptors (Lipinski definition) is 3. The Kier molecular flexibility index (Phi) is 3.81. The maximum Gasteiger partial charge on any atom is 0.237 e. The van der Waals surface area contributed by atoms with Gasteiger partial charge in [-0.05, 0) is 11.3 Å². The number of rotatable bonds is 3. The fraction of sp³-hybridized carbons (Fsp3) is 0.667. The number of nitrogens with zero attached hydrogens (tertiary/aromatic N) is 1. The molecule has 0 fully saturated rings. The van der Waals surface area contributed by atoms with Gasteiger partial charge in [-0.2, -0.15) is 0 Å². The second-order valence-corrected chi connectivity index (χ2v) is 4.20. The molecular formula is C9H16N2OS. The Labute approximate surface area is 83.3 Å². The maximum atomic E-state index is 11.5. The van der Waals surface area contributed by atoms with Crippen LogP contribution in [0, 0.1) is 5.92 Å². The van der Waals surface area contributed by atoms with Crippen LogP contribution in [0.3, 0.4) is 0 Å². The smallest absolute Gasteiger partial charge is 0.237 e. The first-order valence-electron chi connectivity index (χ1n) is 4.49. The average Bonchev–Trinajstić information content (AvgIpc) is 2.08. The number of amides is 1. The molecule has 0 aliphatic carbocycles. The maximum absolute atomic E-state index is 11.5. The molecule has 0 saturated heterocycles. The SMILES string of the molecule is CC(C)C1=CSCC(=O)N1CCN. The third-order valence-electron chi connectivity index (χ3n) is 1.97. The van der Waals surface area contributed by atoms with Crippen molar-refractivity contribution in [3.05, 3.63) is 11.1 Å². The molecule has 1 rings (SSSR count). The number of carbonyl (C=O) groups excluding carboxylic acids is 1. The molecule has 0 spiro atoms. The summed E-state index contributed by atoms with van der Waals surface area (Å²) >= 11 is 1.57. The van der Waals surface area contributed by atoms with Crippen molar-refractivity contribution in [2.45, 2.75) is 13.8 Å². The van der Waals surface area contributed by atoms with Crippen molar-refractivity contribution in [1.82, 2.24) is 4.90 Å². The van der Waals surface area contributed by atoms with Gasteiger partial charge in [0.1, 0.15) is 0 Å². The van der Waals surface area contributed by atoms with Crippen LogP contribution in [0.25, 0.3) is 0 Å². The Bertz CT molecular complexity index is 226. The number of allylic oxidation sites excluding steroid dienone is 1. The Morgan fingerprint density at radius 2 is 2.38 bits per heavy atom. The normalized spacial score (nSPS) is 18.0. The van der Waals surface area contributed by atoms with Crippen LogP contribution in [-0.4, -0.2) is 29.6 Å². The highest BCUT2D eigenvalue weighted by atomic mass is 32.2. The van der Waals surface area contributed by atoms with Crippen molar-refractivity contribution < 1.29 is 4.79 Å². The first-order chi connectivity index (χ1) is 6.16. The van der Waals surface area contributed by atoms with Gasteiger partial charge in [0, 0.05) is 18.8 Å². The van der Waals surface area contributed by atoms with E-state index in [2.05, 4.69) is 19.3 Å². The lowest BCUT2D eigenvalue weighted by atomic mass is 10.1. The Hall–Kier alpha value is -0.480. The highest BCUT2D eigenvalue weighted by Gasteiger charge is 2.22. The van der Waals surface area contributed by atoms with Crippen LogP contribution in [0.15, 0.2) is 11.1 Å². The molecule has 74 valence electrons. The molecule has 1 heterocycles. The minimum absolute atomic E-state index is 0.182. The summed E-state index contributed by atoms with van der Waals surface area (Å²) in [6.45, 7) is 5.35. The Morgan fingerprint density at radius 3 is 2.92 bits per heavy atom. The third-order valence-corrected chi connectivity index (χ3v) is 2.79. The van der Waals surface area contributed by atoms with Gasteiger partial charge in [-0.25, -0.2) is 0 Å². The quantitative estimate of drug-likeness (QED) is 0.740. The van der Waals surface area contributed by atoms with Gasteiger partial charge in [0.05, 0.1) is 5.75 Å². The summed E-state index contributed by atoms with van der Waals surface area (Å²) in [5, 5.41) is 2.07. The highest BCUT2D eigenvalue weighted by molar-refractivity contribution is 8.02. The van der Waals surface area contributed by atoms with Gasteiger partial charge in [-0.1, -0.05) is 13.8 Å². The molecule has 0 unspecified atom stereocenters. The van der Waals surface area contributed by atoms with Crippen LogP contribution >= 0.6 is 11.8 Å². The number of thioether (sulfide) groups is 1. The molecule has 0 aromatic rings. The van der Waals surface area contributed by atoms with Gasteiger partial charge in [-0.15, -0.1) is 11.8 Å². The summed E-state index contributed by atoms with van der Waals surface area (Å²) in [5.74, 6) is 1.13. The summed E-state index contributed by atoms with van der Waals surface area (Å²) in [5.41, 5.74) is 6.56. The molecule has 1 amide bonds. The van der Waals surface area contributed by atoms with Gasteiger partial charge in [0.2, 0.25) is 5.91 Å². The Balaban J connectivity index is 2.77. The van der Waals surface area contributed by atoms with Crippen molar-refractivity contribution in [1.29, 1.82) is 0 Å². The third kappa shape index (κ3) is 2.48. The van der Waals surface area contributed by atoms with E-state index in [1.807, 2.05) is 0 Å². The predicted octanol–water partition coefficient (Wildman–Crippen LogP) is 1.02. The predicted molar refractivity (Wildman–Crippen MR) is 56.1 cm³/mol. The molecule has 13 heavy (non-hydrogen) atoms. The minimum atomic E-state index is 0.182. The Morgan fingerprint density at radius 1 is 1.69 bits per heavy atom. The van der Waals surface area contributed by atoms with E-state index >= 15 is 0 Å². The molecule has 0 radical (unpaired) electrons. The number of nitrogens with two attached hydrogens (primary N) is 1. The van der Waals surface area contributed by atoms with Crippen LogP contribution in [0.2, 0.25) is 0 Å². The second kappa shape index (κ2) is 4.67. The lowest BCUT2D eigenvalue weighted by Gasteiger charge is -2.30. The van der Waals surface area contributed by atoms with Crippen LogP contribution in [0.1, 0.15) is 13.8 Å². The summed E-state index contributed by atoms with van der Waals surface area (Å²) < 4.78 is 0. The van der Waals surface area contributed by atoms with Crippen LogP contribution in [0.4, 0.5) is 0 Å². The fourth-order valence-corrected chi connectivity index (χ4v) is 2.27. The number of hydrogen-bond donors (Lipinski definition) is 1. The van der Waals surface area contributed by atoms with E-state index in [1.54, 1.807) is 16.7 Å². The van der Waals surface area contributed by atoms with E-state index < -0.39 is 0 Å². The highest BCUT2D eigenvalue weighted by Crippen LogP contribution is 2.24. The zero-order chi connectivity index (χ0) is 9.84. The molecule has 1 aliphatic rings. The second-order valence-electron chi connectivity index (χ2n) is 3.34. The van der Waals surface area contributed by atoms with E-state index in [-0.39, 0.29) is 5.91 Å². The van der Waals surface area contributed by atoms with Crippen molar-refractivity contribution in [3.8, 4) is 0 Å². The van der Waals surface area contributed by atoms with Crippen LogP contribution in [0.5, 0.6) is 0 Å². The fourth-order valence-electron chi connectivity index (χ4n) is 1.31. The monoisotopic (exact) mass is 200 g/mol. The van der Waals surface area contributed by atoms with Gasteiger partial charge >= 0.3 is 0 Å². The molecule has 2 N–H and O–H groups in total. The summed E-state index contributed by atoms with van der Waals surface area (Å²) in [4.78, 5) is 13.3. The van der Waals surface area contributed by atoms with Gasteiger partial charge in [0.15, 0.2) is 0 Å². The molecule has 3 nitrogen and oxygen atoms in total. The summed E-state index contributed by atoms with van der Waals surface area (Å²) in [6.07, 6.45) is 0. The van der Waals surface area contributed by atoms with Gasteiger partial charge in [-0.3, -0.25) is 4.79 Å². The first kappa shape index (κ1) is 10.6. The first-order valence-corrected chi connectivity index (χ1v) is 5.53. The molecule has 1 aliphatic heterocycles. The zero-order valence-corrected chi connectivity index (χ0v) is 8.93. The molecule has 0 saturated carbocycles. The van der Waals surface area contributed by atoms with E-state index in [1.165, 1.54) is 0 Å². The van der Waals surface area contributed by atoms with Crippen LogP contribution in [-0.2, 0) is 4.79 Å². The van der Waals surface area contributed by atoms with E-state index in [0.717, 1.165) is 5.70 Å². The van der Waals surface area contributed by atoms with E-state index in [0.29, 0.717) is 24.8 Å². The zero-order valence-electron chi connectivity index (χ0n) is 8.12. The van der Waals surface area contributed by atoms with Crippen molar-refractivity contribution in [2.24, 2.45) is 11.7 Å². The number of carbonyl (C=O) groups is 1. The largest absolute Gasteiger partial charge is 0.329 e. The molecule has 0 atom stereocenters.